The average Bonchev–Trinajstić information content (AvgIpc) is 2.17. The molecule has 15 heavy (non-hydrogen) atoms. The van der Waals surface area contributed by atoms with Crippen LogP contribution in [-0.4, -0.2) is 24.5 Å². The molecule has 1 aliphatic rings. The van der Waals surface area contributed by atoms with Gasteiger partial charge >= 0.3 is 0 Å². The summed E-state index contributed by atoms with van der Waals surface area (Å²) in [4.78, 5) is 2.55. The van der Waals surface area contributed by atoms with Crippen LogP contribution >= 0.6 is 0 Å². The first-order valence-electron chi connectivity index (χ1n) is 6.40. The predicted octanol–water partition coefficient (Wildman–Crippen LogP) is 3.71. The molecule has 0 amide bonds. The molecule has 0 spiro atoms. The van der Waals surface area contributed by atoms with Crippen molar-refractivity contribution in [1.29, 1.82) is 0 Å². The van der Waals surface area contributed by atoms with Crippen molar-refractivity contribution in [2.24, 2.45) is 11.3 Å². The zero-order chi connectivity index (χ0) is 11.5. The van der Waals surface area contributed by atoms with Crippen molar-refractivity contribution < 1.29 is 0 Å². The van der Waals surface area contributed by atoms with Crippen LogP contribution in [0.15, 0.2) is 11.6 Å². The van der Waals surface area contributed by atoms with E-state index in [1.807, 2.05) is 0 Å². The first kappa shape index (κ1) is 12.8. The van der Waals surface area contributed by atoms with Crippen molar-refractivity contribution in [1.82, 2.24) is 4.90 Å². The van der Waals surface area contributed by atoms with Crippen LogP contribution in [0.2, 0.25) is 0 Å². The Labute approximate surface area is 95.5 Å². The van der Waals surface area contributed by atoms with Crippen molar-refractivity contribution in [3.05, 3.63) is 11.6 Å². The van der Waals surface area contributed by atoms with Gasteiger partial charge in [0.1, 0.15) is 0 Å². The highest BCUT2D eigenvalue weighted by atomic mass is 15.1. The fraction of sp³-hybridized carbons (Fsp3) is 0.857. The fourth-order valence-corrected chi connectivity index (χ4v) is 2.74. The van der Waals surface area contributed by atoms with Crippen LogP contribution in [-0.2, 0) is 0 Å². The minimum absolute atomic E-state index is 0.488. The highest BCUT2D eigenvalue weighted by Gasteiger charge is 2.33. The molecule has 1 heteroatoms. The maximum Gasteiger partial charge on any atom is 0.00518 e. The molecule has 0 aromatic heterocycles. The maximum atomic E-state index is 2.55. The Bertz CT molecular complexity index is 223. The Balaban J connectivity index is 2.71. The summed E-state index contributed by atoms with van der Waals surface area (Å²) in [7, 11) is 0. The number of nitrogens with zero attached hydrogens (tertiary/aromatic N) is 1. The normalized spacial score (nSPS) is 25.5. The standard InChI is InChI=1S/C14H27N/c1-6-15(7-2)11-13-12(3)9-8-10-14(13,4)5/h9,13H,6-8,10-11H2,1-5H3. The predicted molar refractivity (Wildman–Crippen MR) is 68.1 cm³/mol. The van der Waals surface area contributed by atoms with Crippen LogP contribution in [0.25, 0.3) is 0 Å². The molecular weight excluding hydrogens is 182 g/mol. The molecule has 1 nitrogen and oxygen atoms in total. The quantitative estimate of drug-likeness (QED) is 0.638. The van der Waals surface area contributed by atoms with E-state index < -0.39 is 0 Å². The van der Waals surface area contributed by atoms with Gasteiger partial charge in [0.2, 0.25) is 0 Å². The average molecular weight is 209 g/mol. The largest absolute Gasteiger partial charge is 0.303 e. The zero-order valence-electron chi connectivity index (χ0n) is 11.1. The molecule has 0 radical (unpaired) electrons. The van der Waals surface area contributed by atoms with Gasteiger partial charge in [0.15, 0.2) is 0 Å². The SMILES string of the molecule is CCN(CC)CC1C(C)=CCCC1(C)C. The van der Waals surface area contributed by atoms with Gasteiger partial charge in [-0.15, -0.1) is 0 Å². The molecule has 0 aliphatic heterocycles. The lowest BCUT2D eigenvalue weighted by Gasteiger charge is -2.41. The molecule has 0 aromatic rings. The second-order valence-corrected chi connectivity index (χ2v) is 5.51. The van der Waals surface area contributed by atoms with E-state index in [-0.39, 0.29) is 0 Å². The van der Waals surface area contributed by atoms with E-state index >= 15 is 0 Å². The summed E-state index contributed by atoms with van der Waals surface area (Å²) in [6.45, 7) is 15.3. The third-order valence-electron chi connectivity index (χ3n) is 4.08. The van der Waals surface area contributed by atoms with Crippen LogP contribution < -0.4 is 0 Å². The monoisotopic (exact) mass is 209 g/mol. The van der Waals surface area contributed by atoms with E-state index in [0.29, 0.717) is 5.41 Å². The van der Waals surface area contributed by atoms with Gasteiger partial charge in [0.25, 0.3) is 0 Å². The summed E-state index contributed by atoms with van der Waals surface area (Å²) >= 11 is 0. The van der Waals surface area contributed by atoms with Gasteiger partial charge in [0, 0.05) is 6.54 Å². The van der Waals surface area contributed by atoms with E-state index in [9.17, 15) is 0 Å². The molecule has 1 aliphatic carbocycles. The molecule has 0 bridgehead atoms. The van der Waals surface area contributed by atoms with Gasteiger partial charge in [-0.05, 0) is 44.2 Å². The van der Waals surface area contributed by atoms with E-state index in [1.54, 1.807) is 5.57 Å². The third-order valence-corrected chi connectivity index (χ3v) is 4.08. The van der Waals surface area contributed by atoms with Gasteiger partial charge in [0.05, 0.1) is 0 Å². The van der Waals surface area contributed by atoms with Gasteiger partial charge in [-0.2, -0.15) is 0 Å². The molecule has 0 N–H and O–H groups in total. The van der Waals surface area contributed by atoms with Gasteiger partial charge in [-0.3, -0.25) is 0 Å². The highest BCUT2D eigenvalue weighted by molar-refractivity contribution is 5.12. The van der Waals surface area contributed by atoms with Crippen molar-refractivity contribution in [3.63, 3.8) is 0 Å². The number of rotatable bonds is 4. The molecule has 88 valence electrons. The minimum Gasteiger partial charge on any atom is -0.303 e. The van der Waals surface area contributed by atoms with Gasteiger partial charge < -0.3 is 4.90 Å². The molecule has 0 saturated carbocycles. The van der Waals surface area contributed by atoms with E-state index in [1.165, 1.54) is 32.5 Å². The van der Waals surface area contributed by atoms with Crippen LogP contribution in [0, 0.1) is 11.3 Å². The van der Waals surface area contributed by atoms with E-state index in [4.69, 9.17) is 0 Å². The van der Waals surface area contributed by atoms with E-state index in [0.717, 1.165) is 5.92 Å². The Kier molecular flexibility index (Phi) is 4.39. The lowest BCUT2D eigenvalue weighted by Crippen LogP contribution is -2.38. The summed E-state index contributed by atoms with van der Waals surface area (Å²) in [5.41, 5.74) is 2.10. The summed E-state index contributed by atoms with van der Waals surface area (Å²) in [5, 5.41) is 0. The van der Waals surface area contributed by atoms with Crippen LogP contribution in [0.1, 0.15) is 47.5 Å². The van der Waals surface area contributed by atoms with Gasteiger partial charge in [-0.25, -0.2) is 0 Å². The van der Waals surface area contributed by atoms with Crippen molar-refractivity contribution in [2.75, 3.05) is 19.6 Å². The van der Waals surface area contributed by atoms with Crippen molar-refractivity contribution in [3.8, 4) is 0 Å². The molecule has 1 rings (SSSR count). The third kappa shape index (κ3) is 3.07. The molecule has 0 fully saturated rings. The molecule has 0 aromatic carbocycles. The summed E-state index contributed by atoms with van der Waals surface area (Å²) in [5.74, 6) is 0.756. The Morgan fingerprint density at radius 1 is 1.33 bits per heavy atom. The second-order valence-electron chi connectivity index (χ2n) is 5.51. The Hall–Kier alpha value is -0.300. The molecule has 1 unspecified atom stereocenters. The molecule has 0 saturated heterocycles. The first-order valence-corrected chi connectivity index (χ1v) is 6.40. The number of hydrogen-bond acceptors (Lipinski definition) is 1. The van der Waals surface area contributed by atoms with Gasteiger partial charge in [-0.1, -0.05) is 39.3 Å². The Morgan fingerprint density at radius 2 is 1.93 bits per heavy atom. The molecule has 0 heterocycles. The van der Waals surface area contributed by atoms with Crippen molar-refractivity contribution in [2.45, 2.75) is 47.5 Å². The lowest BCUT2D eigenvalue weighted by molar-refractivity contribution is 0.150. The molecular formula is C14H27N. The zero-order valence-corrected chi connectivity index (χ0v) is 11.1. The fourth-order valence-electron chi connectivity index (χ4n) is 2.74. The van der Waals surface area contributed by atoms with Crippen LogP contribution in [0.5, 0.6) is 0 Å². The Morgan fingerprint density at radius 3 is 2.40 bits per heavy atom. The summed E-state index contributed by atoms with van der Waals surface area (Å²) in [6, 6.07) is 0. The highest BCUT2D eigenvalue weighted by Crippen LogP contribution is 2.41. The summed E-state index contributed by atoms with van der Waals surface area (Å²) in [6.07, 6.45) is 5.06. The topological polar surface area (TPSA) is 3.24 Å². The second kappa shape index (κ2) is 5.16. The minimum atomic E-state index is 0.488. The first-order chi connectivity index (χ1) is 7.01. The lowest BCUT2D eigenvalue weighted by atomic mass is 9.68. The maximum absolute atomic E-state index is 2.55. The number of hydrogen-bond donors (Lipinski definition) is 0. The molecule has 1 atom stereocenters. The number of allylic oxidation sites excluding steroid dienone is 1. The van der Waals surface area contributed by atoms with Crippen molar-refractivity contribution >= 4 is 0 Å². The van der Waals surface area contributed by atoms with E-state index in [2.05, 4.69) is 45.6 Å². The van der Waals surface area contributed by atoms with Crippen LogP contribution in [0.4, 0.5) is 0 Å². The summed E-state index contributed by atoms with van der Waals surface area (Å²) < 4.78 is 0. The van der Waals surface area contributed by atoms with Crippen LogP contribution in [0.3, 0.4) is 0 Å². The smallest absolute Gasteiger partial charge is 0.00518 e.